The lowest BCUT2D eigenvalue weighted by molar-refractivity contribution is -0.147. The Morgan fingerprint density at radius 2 is 2.05 bits per heavy atom. The number of carbonyl (C=O) groups is 2. The van der Waals surface area contributed by atoms with Gasteiger partial charge in [0.05, 0.1) is 24.1 Å². The Labute approximate surface area is 116 Å². The van der Waals surface area contributed by atoms with Crippen molar-refractivity contribution in [3.63, 3.8) is 0 Å². The Morgan fingerprint density at radius 1 is 1.35 bits per heavy atom. The standard InChI is InChI=1S/C14H17N3O3/c1-9-15-7-6-10(17-9)8-16-13(18)11-4-2-3-5-12(11)14(19)20/h2-3,6-7,11-12H,4-5,8H2,1H3,(H,16,18)(H,19,20)/t11-,12-/m0/s1. The van der Waals surface area contributed by atoms with E-state index in [0.717, 1.165) is 0 Å². The number of nitrogens with one attached hydrogen (secondary N) is 1. The minimum atomic E-state index is -0.924. The second-order valence-electron chi connectivity index (χ2n) is 4.81. The van der Waals surface area contributed by atoms with Crippen LogP contribution in [0.5, 0.6) is 0 Å². The maximum atomic E-state index is 12.1. The van der Waals surface area contributed by atoms with Crippen LogP contribution in [0.4, 0.5) is 0 Å². The number of aliphatic carboxylic acids is 1. The first-order chi connectivity index (χ1) is 9.58. The molecule has 0 unspecified atom stereocenters. The Hall–Kier alpha value is -2.24. The summed E-state index contributed by atoms with van der Waals surface area (Å²) >= 11 is 0. The normalized spacial score (nSPS) is 21.4. The highest BCUT2D eigenvalue weighted by Gasteiger charge is 2.33. The topological polar surface area (TPSA) is 92.2 Å². The summed E-state index contributed by atoms with van der Waals surface area (Å²) in [5, 5.41) is 11.9. The molecule has 0 aromatic carbocycles. The van der Waals surface area contributed by atoms with Gasteiger partial charge in [-0.3, -0.25) is 9.59 Å². The van der Waals surface area contributed by atoms with Crippen LogP contribution in [0, 0.1) is 18.8 Å². The van der Waals surface area contributed by atoms with Gasteiger partial charge < -0.3 is 10.4 Å². The molecule has 0 aliphatic heterocycles. The summed E-state index contributed by atoms with van der Waals surface area (Å²) in [6.45, 7) is 2.06. The average Bonchev–Trinajstić information content (AvgIpc) is 2.45. The second-order valence-corrected chi connectivity index (χ2v) is 4.81. The van der Waals surface area contributed by atoms with Gasteiger partial charge >= 0.3 is 5.97 Å². The van der Waals surface area contributed by atoms with Crippen molar-refractivity contribution in [1.29, 1.82) is 0 Å². The van der Waals surface area contributed by atoms with Gasteiger partial charge in [-0.1, -0.05) is 12.2 Å². The largest absolute Gasteiger partial charge is 0.481 e. The fourth-order valence-corrected chi connectivity index (χ4v) is 2.29. The van der Waals surface area contributed by atoms with E-state index in [1.165, 1.54) is 0 Å². The molecule has 1 heterocycles. The number of amides is 1. The molecule has 106 valence electrons. The van der Waals surface area contributed by atoms with E-state index >= 15 is 0 Å². The molecular formula is C14H17N3O3. The molecule has 0 bridgehead atoms. The summed E-state index contributed by atoms with van der Waals surface area (Å²) in [5.74, 6) is -1.68. The van der Waals surface area contributed by atoms with Crippen molar-refractivity contribution in [2.24, 2.45) is 11.8 Å². The van der Waals surface area contributed by atoms with E-state index in [1.54, 1.807) is 19.2 Å². The number of carbonyl (C=O) groups excluding carboxylic acids is 1. The van der Waals surface area contributed by atoms with Crippen LogP contribution in [0.3, 0.4) is 0 Å². The molecule has 0 saturated carbocycles. The highest BCUT2D eigenvalue weighted by molar-refractivity contribution is 5.85. The lowest BCUT2D eigenvalue weighted by Gasteiger charge is -2.24. The number of aryl methyl sites for hydroxylation is 1. The highest BCUT2D eigenvalue weighted by Crippen LogP contribution is 2.26. The maximum Gasteiger partial charge on any atom is 0.307 e. The third-order valence-electron chi connectivity index (χ3n) is 3.36. The molecule has 1 aliphatic rings. The zero-order chi connectivity index (χ0) is 14.5. The van der Waals surface area contributed by atoms with E-state index in [-0.39, 0.29) is 12.5 Å². The molecule has 0 radical (unpaired) electrons. The van der Waals surface area contributed by atoms with Crippen LogP contribution in [0.15, 0.2) is 24.4 Å². The molecule has 6 nitrogen and oxygen atoms in total. The number of carboxylic acid groups (broad SMARTS) is 1. The van der Waals surface area contributed by atoms with E-state index in [9.17, 15) is 9.59 Å². The van der Waals surface area contributed by atoms with Crippen LogP contribution in [-0.4, -0.2) is 27.0 Å². The number of allylic oxidation sites excluding steroid dienone is 2. The molecule has 2 rings (SSSR count). The SMILES string of the molecule is Cc1nccc(CNC(=O)[C@H]2CC=CC[C@@H]2C(=O)O)n1. The molecular weight excluding hydrogens is 258 g/mol. The van der Waals surface area contributed by atoms with E-state index in [2.05, 4.69) is 15.3 Å². The van der Waals surface area contributed by atoms with Crippen LogP contribution < -0.4 is 5.32 Å². The molecule has 0 fully saturated rings. The number of carboxylic acids is 1. The Bertz CT molecular complexity index is 542. The summed E-state index contributed by atoms with van der Waals surface area (Å²) in [6, 6.07) is 1.72. The van der Waals surface area contributed by atoms with Crippen LogP contribution in [0.1, 0.15) is 24.4 Å². The van der Waals surface area contributed by atoms with E-state index in [0.29, 0.717) is 24.4 Å². The molecule has 0 spiro atoms. The van der Waals surface area contributed by atoms with Crippen molar-refractivity contribution < 1.29 is 14.7 Å². The molecule has 1 aliphatic carbocycles. The van der Waals surface area contributed by atoms with Crippen molar-refractivity contribution >= 4 is 11.9 Å². The third-order valence-corrected chi connectivity index (χ3v) is 3.36. The molecule has 2 N–H and O–H groups in total. The van der Waals surface area contributed by atoms with Crippen LogP contribution >= 0.6 is 0 Å². The smallest absolute Gasteiger partial charge is 0.307 e. The van der Waals surface area contributed by atoms with Gasteiger partial charge in [0.1, 0.15) is 5.82 Å². The monoisotopic (exact) mass is 275 g/mol. The van der Waals surface area contributed by atoms with Crippen molar-refractivity contribution in [2.75, 3.05) is 0 Å². The summed E-state index contributed by atoms with van der Waals surface area (Å²) in [6.07, 6.45) is 6.17. The minimum absolute atomic E-state index is 0.238. The van der Waals surface area contributed by atoms with Crippen molar-refractivity contribution in [1.82, 2.24) is 15.3 Å². The van der Waals surface area contributed by atoms with Gasteiger partial charge in [-0.25, -0.2) is 9.97 Å². The van der Waals surface area contributed by atoms with Gasteiger partial charge in [0, 0.05) is 6.20 Å². The third kappa shape index (κ3) is 3.40. The van der Waals surface area contributed by atoms with Gasteiger partial charge in [-0.05, 0) is 25.8 Å². The minimum Gasteiger partial charge on any atom is -0.481 e. The van der Waals surface area contributed by atoms with Gasteiger partial charge in [0.25, 0.3) is 0 Å². The summed E-state index contributed by atoms with van der Waals surface area (Å²) < 4.78 is 0. The number of nitrogens with zero attached hydrogens (tertiary/aromatic N) is 2. The lowest BCUT2D eigenvalue weighted by Crippen LogP contribution is -2.38. The van der Waals surface area contributed by atoms with E-state index in [1.807, 2.05) is 12.2 Å². The van der Waals surface area contributed by atoms with Crippen molar-refractivity contribution in [3.8, 4) is 0 Å². The quantitative estimate of drug-likeness (QED) is 0.802. The fraction of sp³-hybridized carbons (Fsp3) is 0.429. The van der Waals surface area contributed by atoms with Crippen LogP contribution in [0.25, 0.3) is 0 Å². The zero-order valence-corrected chi connectivity index (χ0v) is 11.2. The number of rotatable bonds is 4. The molecule has 1 aromatic rings. The zero-order valence-electron chi connectivity index (χ0n) is 11.2. The first-order valence-electron chi connectivity index (χ1n) is 6.52. The van der Waals surface area contributed by atoms with Crippen molar-refractivity contribution in [3.05, 3.63) is 35.9 Å². The highest BCUT2D eigenvalue weighted by atomic mass is 16.4. The number of aromatic nitrogens is 2. The van der Waals surface area contributed by atoms with Gasteiger partial charge in [-0.2, -0.15) is 0 Å². The average molecular weight is 275 g/mol. The van der Waals surface area contributed by atoms with E-state index in [4.69, 9.17) is 5.11 Å². The Balaban J connectivity index is 1.97. The van der Waals surface area contributed by atoms with Gasteiger partial charge in [0.2, 0.25) is 5.91 Å². The molecule has 20 heavy (non-hydrogen) atoms. The summed E-state index contributed by atoms with van der Waals surface area (Å²) in [5.41, 5.74) is 0.712. The molecule has 6 heteroatoms. The first kappa shape index (κ1) is 14.2. The summed E-state index contributed by atoms with van der Waals surface area (Å²) in [4.78, 5) is 31.4. The lowest BCUT2D eigenvalue weighted by atomic mass is 9.82. The van der Waals surface area contributed by atoms with Crippen LogP contribution in [-0.2, 0) is 16.1 Å². The van der Waals surface area contributed by atoms with Crippen molar-refractivity contribution in [2.45, 2.75) is 26.3 Å². The predicted molar refractivity (Wildman–Crippen MR) is 71.6 cm³/mol. The van der Waals surface area contributed by atoms with Gasteiger partial charge in [-0.15, -0.1) is 0 Å². The fourth-order valence-electron chi connectivity index (χ4n) is 2.29. The number of hydrogen-bond donors (Lipinski definition) is 2. The number of hydrogen-bond acceptors (Lipinski definition) is 4. The molecule has 1 amide bonds. The summed E-state index contributed by atoms with van der Waals surface area (Å²) in [7, 11) is 0. The Kier molecular flexibility index (Phi) is 4.45. The molecule has 0 saturated heterocycles. The maximum absolute atomic E-state index is 12.1. The molecule has 2 atom stereocenters. The first-order valence-corrected chi connectivity index (χ1v) is 6.52. The second kappa shape index (κ2) is 6.27. The van der Waals surface area contributed by atoms with E-state index < -0.39 is 17.8 Å². The predicted octanol–water partition coefficient (Wildman–Crippen LogP) is 1.07. The van der Waals surface area contributed by atoms with Gasteiger partial charge in [0.15, 0.2) is 0 Å². The Morgan fingerprint density at radius 3 is 2.70 bits per heavy atom. The molecule has 1 aromatic heterocycles. The van der Waals surface area contributed by atoms with Crippen LogP contribution in [0.2, 0.25) is 0 Å².